The largest absolute Gasteiger partial charge is 0.481 e. The van der Waals surface area contributed by atoms with Gasteiger partial charge in [0.1, 0.15) is 5.82 Å². The second-order valence-electron chi connectivity index (χ2n) is 5.15. The van der Waals surface area contributed by atoms with Gasteiger partial charge in [0.2, 0.25) is 5.91 Å². The Kier molecular flexibility index (Phi) is 5.68. The predicted molar refractivity (Wildman–Crippen MR) is 88.2 cm³/mol. The molecule has 2 rings (SSSR count). The van der Waals surface area contributed by atoms with Crippen LogP contribution in [0.4, 0.5) is 11.5 Å². The number of aromatic nitrogens is 1. The van der Waals surface area contributed by atoms with E-state index in [1.165, 1.54) is 5.56 Å². The Morgan fingerprint density at radius 2 is 1.87 bits per heavy atom. The fourth-order valence-corrected chi connectivity index (χ4v) is 2.05. The van der Waals surface area contributed by atoms with Crippen molar-refractivity contribution in [1.82, 2.24) is 4.98 Å². The molecule has 1 atom stereocenters. The predicted octanol–water partition coefficient (Wildman–Crippen LogP) is 3.06. The molecule has 23 heavy (non-hydrogen) atoms. The molecule has 0 saturated heterocycles. The Labute approximate surface area is 134 Å². The zero-order valence-electron chi connectivity index (χ0n) is 12.8. The van der Waals surface area contributed by atoms with E-state index in [2.05, 4.69) is 22.5 Å². The number of nitrogens with zero attached hydrogens (tertiary/aromatic N) is 1. The van der Waals surface area contributed by atoms with E-state index in [0.29, 0.717) is 5.82 Å². The van der Waals surface area contributed by atoms with Gasteiger partial charge in [0.25, 0.3) is 0 Å². The molecular formula is C17H19N3O3. The molecule has 0 radical (unpaired) electrons. The number of rotatable bonds is 7. The van der Waals surface area contributed by atoms with Gasteiger partial charge in [-0.15, -0.1) is 0 Å². The maximum atomic E-state index is 11.5. The molecule has 0 fully saturated rings. The van der Waals surface area contributed by atoms with Gasteiger partial charge < -0.3 is 15.7 Å². The fraction of sp³-hybridized carbons (Fsp3) is 0.235. The third-order valence-electron chi connectivity index (χ3n) is 3.28. The Balaban J connectivity index is 1.89. The van der Waals surface area contributed by atoms with E-state index < -0.39 is 5.97 Å². The summed E-state index contributed by atoms with van der Waals surface area (Å²) >= 11 is 0. The van der Waals surface area contributed by atoms with Crippen LogP contribution in [0.15, 0.2) is 48.7 Å². The van der Waals surface area contributed by atoms with Crippen molar-refractivity contribution < 1.29 is 14.7 Å². The van der Waals surface area contributed by atoms with E-state index in [9.17, 15) is 9.59 Å². The number of carboxylic acids is 1. The lowest BCUT2D eigenvalue weighted by molar-refractivity contribution is -0.138. The standard InChI is InChI=1S/C17H19N3O3/c1-12(13-5-3-2-4-6-13)19-14-7-8-15(18-11-14)20-16(21)9-10-17(22)23/h2-8,11-12,19H,9-10H2,1H3,(H,22,23)(H,18,20,21). The second-order valence-corrected chi connectivity index (χ2v) is 5.15. The smallest absolute Gasteiger partial charge is 0.303 e. The molecule has 1 unspecified atom stereocenters. The van der Waals surface area contributed by atoms with Gasteiger partial charge in [-0.3, -0.25) is 9.59 Å². The van der Waals surface area contributed by atoms with Crippen LogP contribution in [0.3, 0.4) is 0 Å². The van der Waals surface area contributed by atoms with E-state index in [4.69, 9.17) is 5.11 Å². The summed E-state index contributed by atoms with van der Waals surface area (Å²) in [5, 5.41) is 14.4. The summed E-state index contributed by atoms with van der Waals surface area (Å²) < 4.78 is 0. The second kappa shape index (κ2) is 7.93. The zero-order chi connectivity index (χ0) is 16.7. The van der Waals surface area contributed by atoms with Gasteiger partial charge in [-0.1, -0.05) is 30.3 Å². The van der Waals surface area contributed by atoms with Crippen molar-refractivity contribution >= 4 is 23.4 Å². The van der Waals surface area contributed by atoms with Gasteiger partial charge in [-0.2, -0.15) is 0 Å². The topological polar surface area (TPSA) is 91.3 Å². The van der Waals surface area contributed by atoms with Gasteiger partial charge in [0.05, 0.1) is 18.3 Å². The van der Waals surface area contributed by atoms with Gasteiger partial charge in [0.15, 0.2) is 0 Å². The van der Waals surface area contributed by atoms with Crippen molar-refractivity contribution in [2.45, 2.75) is 25.8 Å². The molecule has 0 spiro atoms. The summed E-state index contributed by atoms with van der Waals surface area (Å²) in [6.07, 6.45) is 1.37. The molecule has 1 amide bonds. The molecular weight excluding hydrogens is 294 g/mol. The van der Waals surface area contributed by atoms with Crippen LogP contribution in [-0.2, 0) is 9.59 Å². The van der Waals surface area contributed by atoms with Crippen molar-refractivity contribution in [3.8, 4) is 0 Å². The van der Waals surface area contributed by atoms with E-state index in [0.717, 1.165) is 5.69 Å². The summed E-state index contributed by atoms with van der Waals surface area (Å²) in [5.41, 5.74) is 2.00. The summed E-state index contributed by atoms with van der Waals surface area (Å²) in [6.45, 7) is 2.05. The first-order chi connectivity index (χ1) is 11.0. The minimum absolute atomic E-state index is 0.0674. The maximum absolute atomic E-state index is 11.5. The first kappa shape index (κ1) is 16.5. The monoisotopic (exact) mass is 313 g/mol. The lowest BCUT2D eigenvalue weighted by Gasteiger charge is -2.15. The number of nitrogens with one attached hydrogen (secondary N) is 2. The summed E-state index contributed by atoms with van der Waals surface area (Å²) in [4.78, 5) is 26.1. The van der Waals surface area contributed by atoms with E-state index in [1.54, 1.807) is 12.3 Å². The lowest BCUT2D eigenvalue weighted by Crippen LogP contribution is -2.14. The highest BCUT2D eigenvalue weighted by molar-refractivity contribution is 5.91. The summed E-state index contributed by atoms with van der Waals surface area (Å²) in [7, 11) is 0. The van der Waals surface area contributed by atoms with Crippen LogP contribution < -0.4 is 10.6 Å². The van der Waals surface area contributed by atoms with E-state index >= 15 is 0 Å². The van der Waals surface area contributed by atoms with Crippen LogP contribution in [0.1, 0.15) is 31.4 Å². The Bertz CT molecular complexity index is 657. The number of benzene rings is 1. The van der Waals surface area contributed by atoms with Gasteiger partial charge >= 0.3 is 5.97 Å². The number of anilines is 2. The van der Waals surface area contributed by atoms with Crippen LogP contribution in [0.2, 0.25) is 0 Å². The van der Waals surface area contributed by atoms with Crippen molar-refractivity contribution in [3.63, 3.8) is 0 Å². The fourth-order valence-electron chi connectivity index (χ4n) is 2.05. The molecule has 6 nitrogen and oxygen atoms in total. The average Bonchev–Trinajstić information content (AvgIpc) is 2.55. The van der Waals surface area contributed by atoms with Crippen LogP contribution in [0, 0.1) is 0 Å². The average molecular weight is 313 g/mol. The van der Waals surface area contributed by atoms with Crippen LogP contribution in [0.5, 0.6) is 0 Å². The third kappa shape index (κ3) is 5.43. The molecule has 0 bridgehead atoms. The van der Waals surface area contributed by atoms with Gasteiger partial charge in [0, 0.05) is 12.5 Å². The minimum Gasteiger partial charge on any atom is -0.481 e. The molecule has 0 aliphatic heterocycles. The molecule has 3 N–H and O–H groups in total. The van der Waals surface area contributed by atoms with Crippen LogP contribution in [0.25, 0.3) is 0 Å². The Hall–Kier alpha value is -2.89. The number of hydrogen-bond donors (Lipinski definition) is 3. The molecule has 1 aromatic carbocycles. The van der Waals surface area contributed by atoms with E-state index in [1.807, 2.05) is 36.4 Å². The number of carbonyl (C=O) groups excluding carboxylic acids is 1. The van der Waals surface area contributed by atoms with Crippen LogP contribution >= 0.6 is 0 Å². The molecule has 0 saturated carbocycles. The quantitative estimate of drug-likeness (QED) is 0.730. The first-order valence-corrected chi connectivity index (χ1v) is 7.34. The van der Waals surface area contributed by atoms with Crippen molar-refractivity contribution in [2.24, 2.45) is 0 Å². The SMILES string of the molecule is CC(Nc1ccc(NC(=O)CCC(=O)O)nc1)c1ccccc1. The molecule has 1 aromatic heterocycles. The van der Waals surface area contributed by atoms with Crippen molar-refractivity contribution in [3.05, 3.63) is 54.2 Å². The highest BCUT2D eigenvalue weighted by Crippen LogP contribution is 2.19. The molecule has 1 heterocycles. The molecule has 0 aliphatic carbocycles. The number of aliphatic carboxylic acids is 1. The number of carboxylic acid groups (broad SMARTS) is 1. The Morgan fingerprint density at radius 3 is 2.48 bits per heavy atom. The number of hydrogen-bond acceptors (Lipinski definition) is 4. The van der Waals surface area contributed by atoms with Crippen molar-refractivity contribution in [1.29, 1.82) is 0 Å². The normalized spacial score (nSPS) is 11.5. The summed E-state index contributed by atoms with van der Waals surface area (Å²) in [5.74, 6) is -0.959. The van der Waals surface area contributed by atoms with Gasteiger partial charge in [-0.25, -0.2) is 4.98 Å². The molecule has 0 aliphatic rings. The molecule has 120 valence electrons. The van der Waals surface area contributed by atoms with Gasteiger partial charge in [-0.05, 0) is 24.6 Å². The highest BCUT2D eigenvalue weighted by atomic mass is 16.4. The number of pyridine rings is 1. The van der Waals surface area contributed by atoms with Crippen LogP contribution in [-0.4, -0.2) is 22.0 Å². The van der Waals surface area contributed by atoms with E-state index in [-0.39, 0.29) is 24.8 Å². The maximum Gasteiger partial charge on any atom is 0.303 e. The number of carbonyl (C=O) groups is 2. The lowest BCUT2D eigenvalue weighted by atomic mass is 10.1. The molecule has 6 heteroatoms. The van der Waals surface area contributed by atoms with Crippen molar-refractivity contribution in [2.75, 3.05) is 10.6 Å². The third-order valence-corrected chi connectivity index (χ3v) is 3.28. The molecule has 2 aromatic rings. The summed E-state index contributed by atoms with van der Waals surface area (Å²) in [6, 6.07) is 13.7. The number of amides is 1. The Morgan fingerprint density at radius 1 is 1.13 bits per heavy atom. The zero-order valence-corrected chi connectivity index (χ0v) is 12.8. The minimum atomic E-state index is -0.998. The highest BCUT2D eigenvalue weighted by Gasteiger charge is 2.08. The first-order valence-electron chi connectivity index (χ1n) is 7.34.